The minimum atomic E-state index is -0.685. The number of aromatic nitrogens is 2. The first-order valence-corrected chi connectivity index (χ1v) is 4.90. The van der Waals surface area contributed by atoms with Crippen LogP contribution in [0.2, 0.25) is 0 Å². The Labute approximate surface area is 91.3 Å². The Morgan fingerprint density at radius 2 is 2.12 bits per heavy atom. The van der Waals surface area contributed by atoms with E-state index in [2.05, 4.69) is 15.6 Å². The predicted octanol–water partition coefficient (Wildman–Crippen LogP) is -1.60. The molecule has 1 amide bonds. The summed E-state index contributed by atoms with van der Waals surface area (Å²) in [6.07, 6.45) is 1.87. The molecule has 0 radical (unpaired) electrons. The minimum absolute atomic E-state index is 0.0935. The van der Waals surface area contributed by atoms with Crippen molar-refractivity contribution in [2.24, 2.45) is 0 Å². The van der Waals surface area contributed by atoms with Crippen LogP contribution in [0.15, 0.2) is 15.8 Å². The molecular formula is C9H14N4O3. The molecule has 1 aromatic rings. The lowest BCUT2D eigenvalue weighted by Gasteiger charge is -2.03. The van der Waals surface area contributed by atoms with Gasteiger partial charge in [0.2, 0.25) is 0 Å². The summed E-state index contributed by atoms with van der Waals surface area (Å²) in [5, 5.41) is 5.51. The lowest BCUT2D eigenvalue weighted by molar-refractivity contribution is 0.0951. The van der Waals surface area contributed by atoms with E-state index in [1.165, 1.54) is 0 Å². The molecule has 1 aromatic heterocycles. The summed E-state index contributed by atoms with van der Waals surface area (Å²) >= 11 is 0. The van der Waals surface area contributed by atoms with E-state index in [0.717, 1.165) is 19.2 Å². The van der Waals surface area contributed by atoms with Gasteiger partial charge < -0.3 is 15.6 Å². The van der Waals surface area contributed by atoms with E-state index in [1.807, 2.05) is 12.0 Å². The molecule has 0 saturated carbocycles. The normalized spacial score (nSPS) is 10.1. The number of hydrogen-bond acceptors (Lipinski definition) is 4. The van der Waals surface area contributed by atoms with E-state index < -0.39 is 17.2 Å². The van der Waals surface area contributed by atoms with Crippen molar-refractivity contribution >= 4 is 5.91 Å². The number of rotatable bonds is 5. The fourth-order valence-electron chi connectivity index (χ4n) is 1.14. The quantitative estimate of drug-likeness (QED) is 0.454. The summed E-state index contributed by atoms with van der Waals surface area (Å²) in [5.41, 5.74) is -1.41. The molecule has 4 N–H and O–H groups in total. The van der Waals surface area contributed by atoms with Gasteiger partial charge in [-0.1, -0.05) is 0 Å². The highest BCUT2D eigenvalue weighted by Crippen LogP contribution is 1.84. The summed E-state index contributed by atoms with van der Waals surface area (Å²) in [6, 6.07) is 0. The Morgan fingerprint density at radius 1 is 1.38 bits per heavy atom. The fourth-order valence-corrected chi connectivity index (χ4v) is 1.14. The molecule has 7 heteroatoms. The summed E-state index contributed by atoms with van der Waals surface area (Å²) in [6.45, 7) is 1.25. The molecule has 0 bridgehead atoms. The Balaban J connectivity index is 2.60. The Morgan fingerprint density at radius 3 is 2.75 bits per heavy atom. The van der Waals surface area contributed by atoms with E-state index in [4.69, 9.17) is 0 Å². The molecule has 0 spiro atoms. The van der Waals surface area contributed by atoms with Crippen molar-refractivity contribution in [3.63, 3.8) is 0 Å². The topological polar surface area (TPSA) is 107 Å². The maximum absolute atomic E-state index is 11.5. The number of amides is 1. The van der Waals surface area contributed by atoms with Crippen molar-refractivity contribution in [3.05, 3.63) is 32.6 Å². The van der Waals surface area contributed by atoms with E-state index >= 15 is 0 Å². The van der Waals surface area contributed by atoms with Crippen LogP contribution in [-0.2, 0) is 0 Å². The van der Waals surface area contributed by atoms with Crippen molar-refractivity contribution in [2.75, 3.05) is 20.1 Å². The molecule has 16 heavy (non-hydrogen) atoms. The van der Waals surface area contributed by atoms with Crippen LogP contribution in [-0.4, -0.2) is 36.0 Å². The lowest BCUT2D eigenvalue weighted by Crippen LogP contribution is -2.34. The van der Waals surface area contributed by atoms with Gasteiger partial charge in [-0.3, -0.25) is 14.6 Å². The molecule has 0 aromatic carbocycles. The second-order valence-corrected chi connectivity index (χ2v) is 3.20. The minimum Gasteiger partial charge on any atom is -0.352 e. The first-order valence-electron chi connectivity index (χ1n) is 4.90. The van der Waals surface area contributed by atoms with Crippen molar-refractivity contribution in [2.45, 2.75) is 6.42 Å². The fraction of sp³-hybridized carbons (Fsp3) is 0.444. The molecule has 0 fully saturated rings. The Hall–Kier alpha value is -1.89. The molecule has 0 aliphatic rings. The molecule has 0 saturated heterocycles. The molecular weight excluding hydrogens is 212 g/mol. The molecule has 7 nitrogen and oxygen atoms in total. The largest absolute Gasteiger partial charge is 0.352 e. The number of aromatic amines is 2. The van der Waals surface area contributed by atoms with Crippen molar-refractivity contribution in [1.29, 1.82) is 0 Å². The second kappa shape index (κ2) is 5.86. The van der Waals surface area contributed by atoms with E-state index in [-0.39, 0.29) is 5.56 Å². The Kier molecular flexibility index (Phi) is 4.46. The molecule has 88 valence electrons. The van der Waals surface area contributed by atoms with E-state index in [0.29, 0.717) is 6.54 Å². The molecule has 0 unspecified atom stereocenters. The second-order valence-electron chi connectivity index (χ2n) is 3.20. The van der Waals surface area contributed by atoms with Crippen LogP contribution in [0.4, 0.5) is 0 Å². The zero-order chi connectivity index (χ0) is 12.0. The van der Waals surface area contributed by atoms with Crippen molar-refractivity contribution in [3.8, 4) is 0 Å². The van der Waals surface area contributed by atoms with E-state index in [9.17, 15) is 14.4 Å². The monoisotopic (exact) mass is 226 g/mol. The first-order chi connectivity index (χ1) is 7.65. The maximum Gasteiger partial charge on any atom is 0.325 e. The van der Waals surface area contributed by atoms with E-state index in [1.54, 1.807) is 0 Å². The predicted molar refractivity (Wildman–Crippen MR) is 58.6 cm³/mol. The smallest absolute Gasteiger partial charge is 0.325 e. The first kappa shape index (κ1) is 12.2. The standard InChI is InChI=1S/C9H14N4O3/c1-10-3-2-4-11-7(14)6-5-12-9(16)13-8(6)15/h5,10H,2-4H2,1H3,(H,11,14)(H2,12,13,15,16). The summed E-state index contributed by atoms with van der Waals surface area (Å²) in [4.78, 5) is 37.6. The van der Waals surface area contributed by atoms with Crippen LogP contribution >= 0.6 is 0 Å². The highest BCUT2D eigenvalue weighted by Gasteiger charge is 2.09. The third-order valence-electron chi connectivity index (χ3n) is 1.95. The van der Waals surface area contributed by atoms with Crippen molar-refractivity contribution < 1.29 is 4.79 Å². The highest BCUT2D eigenvalue weighted by atomic mass is 16.2. The average molecular weight is 226 g/mol. The third kappa shape index (κ3) is 3.35. The van der Waals surface area contributed by atoms with Gasteiger partial charge in [-0.05, 0) is 20.0 Å². The van der Waals surface area contributed by atoms with Crippen LogP contribution in [0.3, 0.4) is 0 Å². The number of H-pyrrole nitrogens is 2. The molecule has 0 aliphatic heterocycles. The molecule has 1 rings (SSSR count). The van der Waals surface area contributed by atoms with Crippen LogP contribution < -0.4 is 21.9 Å². The summed E-state index contributed by atoms with van der Waals surface area (Å²) < 4.78 is 0. The van der Waals surface area contributed by atoms with Gasteiger partial charge in [-0.25, -0.2) is 4.79 Å². The molecule has 0 aliphatic carbocycles. The van der Waals surface area contributed by atoms with Crippen LogP contribution in [0, 0.1) is 0 Å². The number of hydrogen-bond donors (Lipinski definition) is 4. The zero-order valence-corrected chi connectivity index (χ0v) is 8.92. The number of carbonyl (C=O) groups is 1. The number of nitrogens with one attached hydrogen (secondary N) is 4. The SMILES string of the molecule is CNCCCNC(=O)c1c[nH]c(=O)[nH]c1=O. The van der Waals surface area contributed by atoms with Gasteiger partial charge in [0.25, 0.3) is 11.5 Å². The Bertz CT molecular complexity index is 462. The highest BCUT2D eigenvalue weighted by molar-refractivity contribution is 5.93. The van der Waals surface area contributed by atoms with Gasteiger partial charge in [-0.15, -0.1) is 0 Å². The summed E-state index contributed by atoms with van der Waals surface area (Å²) in [5.74, 6) is -0.492. The van der Waals surface area contributed by atoms with Gasteiger partial charge >= 0.3 is 5.69 Å². The zero-order valence-electron chi connectivity index (χ0n) is 8.92. The van der Waals surface area contributed by atoms with Crippen LogP contribution in [0.1, 0.15) is 16.8 Å². The van der Waals surface area contributed by atoms with Crippen LogP contribution in [0.25, 0.3) is 0 Å². The average Bonchev–Trinajstić information content (AvgIpc) is 2.24. The van der Waals surface area contributed by atoms with Gasteiger partial charge in [0.1, 0.15) is 5.56 Å². The van der Waals surface area contributed by atoms with Gasteiger partial charge in [0.15, 0.2) is 0 Å². The maximum atomic E-state index is 11.5. The molecule has 1 heterocycles. The lowest BCUT2D eigenvalue weighted by atomic mass is 10.3. The third-order valence-corrected chi connectivity index (χ3v) is 1.95. The van der Waals surface area contributed by atoms with Crippen LogP contribution in [0.5, 0.6) is 0 Å². The van der Waals surface area contributed by atoms with Gasteiger partial charge in [-0.2, -0.15) is 0 Å². The molecule has 0 atom stereocenters. The van der Waals surface area contributed by atoms with Crippen molar-refractivity contribution in [1.82, 2.24) is 20.6 Å². The van der Waals surface area contributed by atoms with Gasteiger partial charge in [0, 0.05) is 12.7 Å². The van der Waals surface area contributed by atoms with Gasteiger partial charge in [0.05, 0.1) is 0 Å². The summed E-state index contributed by atoms with van der Waals surface area (Å²) in [7, 11) is 1.81. The number of carbonyl (C=O) groups excluding carboxylic acids is 1.